The Bertz CT molecular complexity index is 398. The van der Waals surface area contributed by atoms with Crippen molar-refractivity contribution in [3.63, 3.8) is 0 Å². The first-order chi connectivity index (χ1) is 7.95. The van der Waals surface area contributed by atoms with Crippen molar-refractivity contribution < 1.29 is 4.79 Å². The average Bonchev–Trinajstić information content (AvgIpc) is 2.23. The molecule has 0 saturated heterocycles. The number of carbonyl (C=O) groups is 1. The molecule has 1 aromatic rings. The normalized spacial score (nSPS) is 12.5. The van der Waals surface area contributed by atoms with Crippen LogP contribution < -0.4 is 0 Å². The zero-order chi connectivity index (χ0) is 13.0. The Morgan fingerprint density at radius 3 is 2.35 bits per heavy atom. The molecule has 0 saturated carbocycles. The van der Waals surface area contributed by atoms with Crippen LogP contribution in [0.4, 0.5) is 0 Å². The number of benzene rings is 1. The molecule has 0 spiro atoms. The molecule has 0 amide bonds. The summed E-state index contributed by atoms with van der Waals surface area (Å²) in [5.74, 6) is 0.183. The van der Waals surface area contributed by atoms with E-state index in [2.05, 4.69) is 31.9 Å². The van der Waals surface area contributed by atoms with Gasteiger partial charge in [0.2, 0.25) is 0 Å². The summed E-state index contributed by atoms with van der Waals surface area (Å²) >= 11 is 18.9. The summed E-state index contributed by atoms with van der Waals surface area (Å²) in [4.78, 5) is 11.5. The van der Waals surface area contributed by atoms with Crippen molar-refractivity contribution in [3.05, 3.63) is 32.2 Å². The minimum Gasteiger partial charge on any atom is -0.298 e. The van der Waals surface area contributed by atoms with Crippen LogP contribution in [-0.2, 0) is 11.2 Å². The predicted octanol–water partition coefficient (Wildman–Crippen LogP) is 5.43. The van der Waals surface area contributed by atoms with Crippen LogP contribution in [0.2, 0.25) is 10.0 Å². The van der Waals surface area contributed by atoms with Crippen LogP contribution in [0.5, 0.6) is 0 Å². The van der Waals surface area contributed by atoms with Gasteiger partial charge in [0.15, 0.2) is 0 Å². The standard InChI is InChI=1S/C12H12Br2Cl2O/c1-2-3-12(17)9(14)6-8-10(15)4-7(13)5-11(8)16/h4-5,9H,2-3,6H2,1H3. The summed E-state index contributed by atoms with van der Waals surface area (Å²) in [5.41, 5.74) is 0.808. The maximum Gasteiger partial charge on any atom is 0.146 e. The first-order valence-corrected chi connectivity index (χ1v) is 7.72. The lowest BCUT2D eigenvalue weighted by Gasteiger charge is -2.12. The van der Waals surface area contributed by atoms with Crippen molar-refractivity contribution in [2.24, 2.45) is 0 Å². The number of hydrogen-bond acceptors (Lipinski definition) is 1. The molecule has 1 atom stereocenters. The van der Waals surface area contributed by atoms with Gasteiger partial charge >= 0.3 is 0 Å². The van der Waals surface area contributed by atoms with Crippen LogP contribution in [0.15, 0.2) is 16.6 Å². The molecule has 0 aliphatic heterocycles. The molecule has 0 heterocycles. The van der Waals surface area contributed by atoms with Crippen LogP contribution >= 0.6 is 55.1 Å². The molecule has 1 unspecified atom stereocenters. The Morgan fingerprint density at radius 1 is 1.35 bits per heavy atom. The van der Waals surface area contributed by atoms with Crippen molar-refractivity contribution in [1.29, 1.82) is 0 Å². The fourth-order valence-corrected chi connectivity index (χ4v) is 3.38. The zero-order valence-electron chi connectivity index (χ0n) is 9.27. The fourth-order valence-electron chi connectivity index (χ4n) is 1.46. The lowest BCUT2D eigenvalue weighted by Crippen LogP contribution is -2.16. The van der Waals surface area contributed by atoms with Crippen molar-refractivity contribution in [3.8, 4) is 0 Å². The summed E-state index contributed by atoms with van der Waals surface area (Å²) in [5, 5.41) is 1.16. The predicted molar refractivity (Wildman–Crippen MR) is 80.5 cm³/mol. The van der Waals surface area contributed by atoms with E-state index in [1.54, 1.807) is 12.1 Å². The number of carbonyl (C=O) groups excluding carboxylic acids is 1. The van der Waals surface area contributed by atoms with Crippen LogP contribution in [0.1, 0.15) is 25.3 Å². The van der Waals surface area contributed by atoms with Gasteiger partial charge in [0.1, 0.15) is 5.78 Å². The second-order valence-electron chi connectivity index (χ2n) is 3.74. The number of Topliss-reactive ketones (excluding diaryl/α,β-unsaturated/α-hetero) is 1. The van der Waals surface area contributed by atoms with Gasteiger partial charge in [-0.3, -0.25) is 4.79 Å². The second-order valence-corrected chi connectivity index (χ2v) is 6.57. The van der Waals surface area contributed by atoms with Crippen LogP contribution in [0, 0.1) is 0 Å². The van der Waals surface area contributed by atoms with Gasteiger partial charge in [0.25, 0.3) is 0 Å². The Balaban J connectivity index is 2.85. The summed E-state index contributed by atoms with van der Waals surface area (Å²) < 4.78 is 0.835. The van der Waals surface area contributed by atoms with Gasteiger partial charge in [0.05, 0.1) is 4.83 Å². The molecular formula is C12H12Br2Cl2O. The molecule has 94 valence electrons. The topological polar surface area (TPSA) is 17.1 Å². The van der Waals surface area contributed by atoms with Crippen molar-refractivity contribution in [1.82, 2.24) is 0 Å². The maximum atomic E-state index is 11.7. The van der Waals surface area contributed by atoms with E-state index in [0.717, 1.165) is 16.5 Å². The second kappa shape index (κ2) is 7.13. The van der Waals surface area contributed by atoms with E-state index < -0.39 is 0 Å². The van der Waals surface area contributed by atoms with Crippen molar-refractivity contribution in [2.45, 2.75) is 31.0 Å². The number of halogens is 4. The van der Waals surface area contributed by atoms with E-state index in [0.29, 0.717) is 22.9 Å². The Hall–Kier alpha value is 0.430. The van der Waals surface area contributed by atoms with Gasteiger partial charge in [-0.15, -0.1) is 0 Å². The quantitative estimate of drug-likeness (QED) is 0.600. The molecule has 17 heavy (non-hydrogen) atoms. The van der Waals surface area contributed by atoms with Gasteiger partial charge in [-0.2, -0.15) is 0 Å². The first kappa shape index (κ1) is 15.5. The smallest absolute Gasteiger partial charge is 0.146 e. The number of alkyl halides is 1. The van der Waals surface area contributed by atoms with Gasteiger partial charge in [-0.1, -0.05) is 62.0 Å². The zero-order valence-corrected chi connectivity index (χ0v) is 14.0. The summed E-state index contributed by atoms with van der Waals surface area (Å²) in [6.45, 7) is 1.98. The highest BCUT2D eigenvalue weighted by Crippen LogP contribution is 2.31. The molecule has 0 radical (unpaired) electrons. The molecule has 1 aromatic carbocycles. The third-order valence-electron chi connectivity index (χ3n) is 2.33. The Morgan fingerprint density at radius 2 is 1.88 bits per heavy atom. The molecule has 1 rings (SSSR count). The molecule has 0 bridgehead atoms. The monoisotopic (exact) mass is 400 g/mol. The SMILES string of the molecule is CCCC(=O)C(Br)Cc1c(Cl)cc(Br)cc1Cl. The lowest BCUT2D eigenvalue weighted by atomic mass is 10.1. The van der Waals surface area contributed by atoms with Crippen LogP contribution in [-0.4, -0.2) is 10.6 Å². The summed E-state index contributed by atoms with van der Waals surface area (Å²) in [6, 6.07) is 3.57. The third-order valence-corrected chi connectivity index (χ3v) is 4.30. The summed E-state index contributed by atoms with van der Waals surface area (Å²) in [7, 11) is 0. The van der Waals surface area contributed by atoms with Gasteiger partial charge in [-0.25, -0.2) is 0 Å². The van der Waals surface area contributed by atoms with E-state index in [1.165, 1.54) is 0 Å². The van der Waals surface area contributed by atoms with Gasteiger partial charge in [0, 0.05) is 20.9 Å². The molecule has 0 N–H and O–H groups in total. The number of hydrogen-bond donors (Lipinski definition) is 0. The molecule has 0 aromatic heterocycles. The van der Waals surface area contributed by atoms with E-state index >= 15 is 0 Å². The highest BCUT2D eigenvalue weighted by molar-refractivity contribution is 9.10. The lowest BCUT2D eigenvalue weighted by molar-refractivity contribution is -0.118. The molecular weight excluding hydrogens is 391 g/mol. The Labute approximate surface area is 128 Å². The first-order valence-electron chi connectivity index (χ1n) is 5.26. The van der Waals surface area contributed by atoms with E-state index in [-0.39, 0.29) is 10.6 Å². The maximum absolute atomic E-state index is 11.7. The van der Waals surface area contributed by atoms with E-state index in [9.17, 15) is 4.79 Å². The van der Waals surface area contributed by atoms with E-state index in [4.69, 9.17) is 23.2 Å². The van der Waals surface area contributed by atoms with Gasteiger partial charge < -0.3 is 0 Å². The number of rotatable bonds is 5. The fraction of sp³-hybridized carbons (Fsp3) is 0.417. The highest BCUT2D eigenvalue weighted by Gasteiger charge is 2.18. The third kappa shape index (κ3) is 4.55. The largest absolute Gasteiger partial charge is 0.298 e. The van der Waals surface area contributed by atoms with Crippen LogP contribution in [0.25, 0.3) is 0 Å². The summed E-state index contributed by atoms with van der Waals surface area (Å²) in [6.07, 6.45) is 1.94. The molecule has 1 nitrogen and oxygen atoms in total. The van der Waals surface area contributed by atoms with Crippen molar-refractivity contribution in [2.75, 3.05) is 0 Å². The van der Waals surface area contributed by atoms with Crippen molar-refractivity contribution >= 4 is 60.8 Å². The number of ketones is 1. The molecule has 5 heteroatoms. The van der Waals surface area contributed by atoms with E-state index in [1.807, 2.05) is 6.92 Å². The minimum absolute atomic E-state index is 0.183. The highest BCUT2D eigenvalue weighted by atomic mass is 79.9. The molecule has 0 aliphatic rings. The molecule has 0 aliphatic carbocycles. The van der Waals surface area contributed by atoms with Crippen LogP contribution in [0.3, 0.4) is 0 Å². The van der Waals surface area contributed by atoms with Gasteiger partial charge in [-0.05, 0) is 30.5 Å². The average molecular weight is 403 g/mol. The molecule has 0 fully saturated rings. The Kier molecular flexibility index (Phi) is 6.49. The minimum atomic E-state index is -0.223.